The van der Waals surface area contributed by atoms with Gasteiger partial charge < -0.3 is 5.32 Å². The molecule has 1 aliphatic heterocycles. The van der Waals surface area contributed by atoms with Gasteiger partial charge >= 0.3 is 0 Å². The monoisotopic (exact) mass is 493 g/mol. The lowest BCUT2D eigenvalue weighted by Crippen LogP contribution is -2.54. The lowest BCUT2D eigenvalue weighted by molar-refractivity contribution is -0.121. The molecule has 0 radical (unpaired) electrons. The summed E-state index contributed by atoms with van der Waals surface area (Å²) in [5, 5.41) is 2.88. The Bertz CT molecular complexity index is 1040. The molecule has 0 saturated carbocycles. The summed E-state index contributed by atoms with van der Waals surface area (Å²) in [5.41, 5.74) is 0.0332. The highest BCUT2D eigenvalue weighted by Gasteiger charge is 2.34. The van der Waals surface area contributed by atoms with E-state index in [1.54, 1.807) is 13.0 Å². The summed E-state index contributed by atoms with van der Waals surface area (Å²) in [5.74, 6) is -1.03. The van der Waals surface area contributed by atoms with E-state index in [2.05, 4.69) is 5.32 Å². The highest BCUT2D eigenvalue weighted by Crippen LogP contribution is 2.32. The van der Waals surface area contributed by atoms with Crippen molar-refractivity contribution >= 4 is 56.4 Å². The lowest BCUT2D eigenvalue weighted by Gasteiger charge is -2.36. The highest BCUT2D eigenvalue weighted by molar-refractivity contribution is 7.89. The molecular weight excluding hydrogens is 476 g/mol. The molecule has 1 saturated heterocycles. The van der Waals surface area contributed by atoms with Gasteiger partial charge in [-0.05, 0) is 37.3 Å². The summed E-state index contributed by atoms with van der Waals surface area (Å²) in [6.45, 7) is 2.64. The summed E-state index contributed by atoms with van der Waals surface area (Å²) in [7, 11) is -3.87. The number of anilines is 1. The SMILES string of the molecule is CC(C(=O)Nc1ccc(Cl)cc1F)N1CCN(S(=O)(=O)c2c(Cl)cccc2Cl)CC1. The molecular formula is C19H19Cl3FN3O3S. The molecule has 0 bridgehead atoms. The molecule has 1 atom stereocenters. The predicted octanol–water partition coefficient (Wildman–Crippen LogP) is 4.12. The number of benzene rings is 2. The quantitative estimate of drug-likeness (QED) is 0.679. The summed E-state index contributed by atoms with van der Waals surface area (Å²) in [4.78, 5) is 14.2. The molecule has 2 aromatic carbocycles. The maximum atomic E-state index is 13.9. The van der Waals surface area contributed by atoms with Crippen molar-refractivity contribution in [3.63, 3.8) is 0 Å². The number of nitrogens with one attached hydrogen (secondary N) is 1. The second-order valence-electron chi connectivity index (χ2n) is 6.78. The van der Waals surface area contributed by atoms with Crippen LogP contribution in [0.1, 0.15) is 6.92 Å². The van der Waals surface area contributed by atoms with Gasteiger partial charge in [0.05, 0.1) is 21.8 Å². The van der Waals surface area contributed by atoms with Gasteiger partial charge in [-0.2, -0.15) is 4.31 Å². The van der Waals surface area contributed by atoms with E-state index < -0.39 is 27.8 Å². The van der Waals surface area contributed by atoms with E-state index in [0.29, 0.717) is 13.1 Å². The third kappa shape index (κ3) is 4.90. The smallest absolute Gasteiger partial charge is 0.246 e. The van der Waals surface area contributed by atoms with Gasteiger partial charge in [-0.3, -0.25) is 9.69 Å². The van der Waals surface area contributed by atoms with Crippen LogP contribution < -0.4 is 5.32 Å². The molecule has 1 fully saturated rings. The topological polar surface area (TPSA) is 69.7 Å². The summed E-state index contributed by atoms with van der Waals surface area (Å²) >= 11 is 17.8. The minimum atomic E-state index is -3.87. The molecule has 0 aromatic heterocycles. The zero-order valence-corrected chi connectivity index (χ0v) is 19.0. The van der Waals surface area contributed by atoms with Crippen molar-refractivity contribution in [2.75, 3.05) is 31.5 Å². The van der Waals surface area contributed by atoms with E-state index in [1.807, 2.05) is 4.90 Å². The van der Waals surface area contributed by atoms with Gasteiger partial charge in [0, 0.05) is 31.2 Å². The molecule has 1 aliphatic rings. The lowest BCUT2D eigenvalue weighted by atomic mass is 10.2. The zero-order valence-electron chi connectivity index (χ0n) is 15.9. The molecule has 30 heavy (non-hydrogen) atoms. The number of piperazine rings is 1. The van der Waals surface area contributed by atoms with Crippen LogP contribution in [-0.4, -0.2) is 55.8 Å². The molecule has 3 rings (SSSR count). The van der Waals surface area contributed by atoms with Crippen molar-refractivity contribution in [2.24, 2.45) is 0 Å². The first-order valence-corrected chi connectivity index (χ1v) is 11.6. The first kappa shape index (κ1) is 23.2. The van der Waals surface area contributed by atoms with Crippen LogP contribution >= 0.6 is 34.8 Å². The number of nitrogens with zero attached hydrogens (tertiary/aromatic N) is 2. The summed E-state index contributed by atoms with van der Waals surface area (Å²) in [6, 6.07) is 7.91. The molecule has 2 aromatic rings. The third-order valence-corrected chi connectivity index (χ3v) is 8.00. The Morgan fingerprint density at radius 2 is 1.67 bits per heavy atom. The predicted molar refractivity (Wildman–Crippen MR) is 116 cm³/mol. The van der Waals surface area contributed by atoms with Crippen molar-refractivity contribution in [1.29, 1.82) is 0 Å². The van der Waals surface area contributed by atoms with Gasteiger partial charge in [-0.1, -0.05) is 40.9 Å². The molecule has 162 valence electrons. The Hall–Kier alpha value is -1.42. The van der Waals surface area contributed by atoms with Crippen molar-refractivity contribution in [2.45, 2.75) is 17.9 Å². The number of hydrogen-bond donors (Lipinski definition) is 1. The van der Waals surface area contributed by atoms with E-state index in [4.69, 9.17) is 34.8 Å². The van der Waals surface area contributed by atoms with Gasteiger partial charge in [0.2, 0.25) is 15.9 Å². The highest BCUT2D eigenvalue weighted by atomic mass is 35.5. The molecule has 0 aliphatic carbocycles. The molecule has 1 amide bonds. The summed E-state index contributed by atoms with van der Waals surface area (Å²) in [6.07, 6.45) is 0. The number of carbonyl (C=O) groups excluding carboxylic acids is 1. The normalized spacial score (nSPS) is 17.0. The van der Waals surface area contributed by atoms with E-state index in [1.165, 1.54) is 28.6 Å². The fourth-order valence-corrected chi connectivity index (χ4v) is 5.86. The molecule has 1 unspecified atom stereocenters. The minimum absolute atomic E-state index is 0.0332. The molecule has 11 heteroatoms. The second kappa shape index (κ2) is 9.38. The first-order valence-electron chi connectivity index (χ1n) is 9.05. The number of halogens is 4. The largest absolute Gasteiger partial charge is 0.322 e. The van der Waals surface area contributed by atoms with E-state index in [-0.39, 0.29) is 38.7 Å². The average molecular weight is 495 g/mol. The maximum Gasteiger partial charge on any atom is 0.246 e. The molecule has 6 nitrogen and oxygen atoms in total. The fourth-order valence-electron chi connectivity index (χ4n) is 3.18. The zero-order chi connectivity index (χ0) is 22.1. The van der Waals surface area contributed by atoms with Crippen LogP contribution in [0.2, 0.25) is 15.1 Å². The molecule has 1 heterocycles. The van der Waals surface area contributed by atoms with Crippen molar-refractivity contribution < 1.29 is 17.6 Å². The molecule has 0 spiro atoms. The van der Waals surface area contributed by atoms with Crippen molar-refractivity contribution in [3.8, 4) is 0 Å². The second-order valence-corrected chi connectivity index (χ2v) is 9.91. The van der Waals surface area contributed by atoms with Crippen molar-refractivity contribution in [1.82, 2.24) is 9.21 Å². The average Bonchev–Trinajstić information content (AvgIpc) is 2.69. The van der Waals surface area contributed by atoms with Gasteiger partial charge in [0.25, 0.3) is 0 Å². The van der Waals surface area contributed by atoms with Crippen LogP contribution in [-0.2, 0) is 14.8 Å². The van der Waals surface area contributed by atoms with Gasteiger partial charge in [0.15, 0.2) is 0 Å². The Morgan fingerprint density at radius 3 is 2.23 bits per heavy atom. The Balaban J connectivity index is 1.65. The third-order valence-electron chi connectivity index (χ3n) is 4.91. The summed E-state index contributed by atoms with van der Waals surface area (Å²) < 4.78 is 41.1. The number of sulfonamides is 1. The first-order chi connectivity index (χ1) is 14.1. The number of carbonyl (C=O) groups is 1. The van der Waals surface area contributed by atoms with Crippen LogP contribution in [0.4, 0.5) is 10.1 Å². The van der Waals surface area contributed by atoms with Gasteiger partial charge in [-0.25, -0.2) is 12.8 Å². The number of hydrogen-bond acceptors (Lipinski definition) is 4. The standard InChI is InChI=1S/C19H19Cl3FN3O3S/c1-12(19(27)24-17-6-5-13(20)11-16(17)23)25-7-9-26(10-8-25)30(28,29)18-14(21)3-2-4-15(18)22/h2-6,11-12H,7-10H2,1H3,(H,24,27). The van der Waals surface area contributed by atoms with Gasteiger partial charge in [-0.15, -0.1) is 0 Å². The van der Waals surface area contributed by atoms with E-state index in [9.17, 15) is 17.6 Å². The Morgan fingerprint density at radius 1 is 1.07 bits per heavy atom. The van der Waals surface area contributed by atoms with E-state index >= 15 is 0 Å². The fraction of sp³-hybridized carbons (Fsp3) is 0.316. The number of rotatable bonds is 5. The van der Waals surface area contributed by atoms with Crippen LogP contribution in [0.3, 0.4) is 0 Å². The molecule has 1 N–H and O–H groups in total. The van der Waals surface area contributed by atoms with Crippen LogP contribution in [0.5, 0.6) is 0 Å². The van der Waals surface area contributed by atoms with Gasteiger partial charge in [0.1, 0.15) is 10.7 Å². The minimum Gasteiger partial charge on any atom is -0.322 e. The number of amides is 1. The van der Waals surface area contributed by atoms with Crippen LogP contribution in [0.25, 0.3) is 0 Å². The van der Waals surface area contributed by atoms with Crippen LogP contribution in [0, 0.1) is 5.82 Å². The van der Waals surface area contributed by atoms with Crippen molar-refractivity contribution in [3.05, 3.63) is 57.3 Å². The Labute approximate surface area is 189 Å². The van der Waals surface area contributed by atoms with E-state index in [0.717, 1.165) is 6.07 Å². The van der Waals surface area contributed by atoms with Crippen LogP contribution in [0.15, 0.2) is 41.3 Å². The maximum absolute atomic E-state index is 13.9. The Kier molecular flexibility index (Phi) is 7.27.